The van der Waals surface area contributed by atoms with E-state index in [9.17, 15) is 0 Å². The number of anilines is 1. The van der Waals surface area contributed by atoms with E-state index < -0.39 is 0 Å². The van der Waals surface area contributed by atoms with Gasteiger partial charge >= 0.3 is 0 Å². The molecule has 96 valence electrons. The van der Waals surface area contributed by atoms with Gasteiger partial charge in [0.25, 0.3) is 0 Å². The molecule has 5 heteroatoms. The Bertz CT molecular complexity index is 724. The maximum Gasteiger partial charge on any atom is 0.166 e. The second-order valence-electron chi connectivity index (χ2n) is 4.20. The average molecular weight is 290 g/mol. The lowest BCUT2D eigenvalue weighted by Crippen LogP contribution is -1.83. The summed E-state index contributed by atoms with van der Waals surface area (Å²) in [7, 11) is 0. The summed E-state index contributed by atoms with van der Waals surface area (Å²) in [4.78, 5) is 7.76. The molecule has 0 bridgehead atoms. The van der Waals surface area contributed by atoms with Gasteiger partial charge in [0.05, 0.1) is 11.0 Å². The number of aromatic nitrogens is 2. The highest BCUT2D eigenvalue weighted by atomic mass is 35.5. The zero-order valence-electron chi connectivity index (χ0n) is 10.1. The van der Waals surface area contributed by atoms with Gasteiger partial charge in [0, 0.05) is 16.5 Å². The first-order valence-electron chi connectivity index (χ1n) is 5.84. The quantitative estimate of drug-likeness (QED) is 0.564. The number of hydrogen-bond acceptors (Lipinski definition) is 3. The summed E-state index contributed by atoms with van der Waals surface area (Å²) in [5.74, 6) is 0.787. The highest BCUT2D eigenvalue weighted by Gasteiger charge is 2.05. The fraction of sp³-hybridized carbons (Fsp3) is 0.0714. The molecular formula is C14H12ClN3S. The van der Waals surface area contributed by atoms with E-state index >= 15 is 0 Å². The van der Waals surface area contributed by atoms with E-state index in [0.717, 1.165) is 38.2 Å². The third kappa shape index (κ3) is 2.69. The zero-order chi connectivity index (χ0) is 13.2. The monoisotopic (exact) mass is 289 g/mol. The highest BCUT2D eigenvalue weighted by molar-refractivity contribution is 7.98. The van der Waals surface area contributed by atoms with Gasteiger partial charge in [-0.25, -0.2) is 4.98 Å². The van der Waals surface area contributed by atoms with Gasteiger partial charge in [-0.15, -0.1) is 0 Å². The molecule has 19 heavy (non-hydrogen) atoms. The molecule has 1 heterocycles. The summed E-state index contributed by atoms with van der Waals surface area (Å²) in [6, 6.07) is 13.5. The first kappa shape index (κ1) is 12.4. The van der Waals surface area contributed by atoms with Crippen molar-refractivity contribution in [1.29, 1.82) is 0 Å². The minimum atomic E-state index is 0.735. The predicted molar refractivity (Wildman–Crippen MR) is 81.5 cm³/mol. The van der Waals surface area contributed by atoms with Crippen LogP contribution in [0.15, 0.2) is 47.6 Å². The van der Waals surface area contributed by atoms with Crippen molar-refractivity contribution < 1.29 is 0 Å². The molecule has 0 unspecified atom stereocenters. The Labute approximate surface area is 120 Å². The molecule has 1 aromatic heterocycles. The second-order valence-corrected chi connectivity index (χ2v) is 5.57. The number of fused-ring (bicyclic) bond motifs is 1. The summed E-state index contributed by atoms with van der Waals surface area (Å²) < 4.78 is 0. The molecule has 3 aromatic rings. The van der Waals surface area contributed by atoms with Gasteiger partial charge in [-0.1, -0.05) is 41.6 Å². The summed E-state index contributed by atoms with van der Waals surface area (Å²) >= 11 is 7.76. The van der Waals surface area contributed by atoms with Gasteiger partial charge < -0.3 is 10.7 Å². The Morgan fingerprint density at radius 2 is 2.05 bits per heavy atom. The van der Waals surface area contributed by atoms with Crippen LogP contribution in [0.3, 0.4) is 0 Å². The van der Waals surface area contributed by atoms with E-state index in [4.69, 9.17) is 17.3 Å². The van der Waals surface area contributed by atoms with E-state index in [1.54, 1.807) is 11.8 Å². The molecule has 0 saturated heterocycles. The fourth-order valence-corrected chi connectivity index (χ4v) is 3.00. The number of aromatic amines is 1. The zero-order valence-corrected chi connectivity index (χ0v) is 11.6. The first-order chi connectivity index (χ1) is 9.22. The number of nitrogens with two attached hydrogens (primary N) is 1. The SMILES string of the molecule is Nc1ccc2nc(SCc3ccccc3Cl)[nH]c2c1. The summed E-state index contributed by atoms with van der Waals surface area (Å²) in [6.07, 6.45) is 0. The Morgan fingerprint density at radius 3 is 2.89 bits per heavy atom. The Balaban J connectivity index is 1.80. The molecule has 0 radical (unpaired) electrons. The van der Waals surface area contributed by atoms with Crippen LogP contribution in [-0.2, 0) is 5.75 Å². The van der Waals surface area contributed by atoms with Gasteiger partial charge in [0.1, 0.15) is 0 Å². The molecule has 3 rings (SSSR count). The second kappa shape index (κ2) is 5.15. The van der Waals surface area contributed by atoms with Gasteiger partial charge in [-0.05, 0) is 29.8 Å². The van der Waals surface area contributed by atoms with Crippen LogP contribution in [0.2, 0.25) is 5.02 Å². The van der Waals surface area contributed by atoms with Crippen LogP contribution in [0.4, 0.5) is 5.69 Å². The normalized spacial score (nSPS) is 11.0. The summed E-state index contributed by atoms with van der Waals surface area (Å²) in [6.45, 7) is 0. The molecule has 3 nitrogen and oxygen atoms in total. The van der Waals surface area contributed by atoms with Crippen LogP contribution >= 0.6 is 23.4 Å². The number of rotatable bonds is 3. The molecule has 0 atom stereocenters. The van der Waals surface area contributed by atoms with Gasteiger partial charge in [-0.2, -0.15) is 0 Å². The number of nitrogen functional groups attached to an aromatic ring is 1. The molecule has 0 spiro atoms. The molecule has 0 fully saturated rings. The van der Waals surface area contributed by atoms with Crippen molar-refractivity contribution in [3.63, 3.8) is 0 Å². The van der Waals surface area contributed by atoms with Crippen molar-refractivity contribution in [1.82, 2.24) is 9.97 Å². The van der Waals surface area contributed by atoms with E-state index in [2.05, 4.69) is 9.97 Å². The van der Waals surface area contributed by atoms with Crippen molar-refractivity contribution in [2.24, 2.45) is 0 Å². The largest absolute Gasteiger partial charge is 0.399 e. The molecule has 0 amide bonds. The van der Waals surface area contributed by atoms with Crippen molar-refractivity contribution >= 4 is 40.1 Å². The van der Waals surface area contributed by atoms with Crippen molar-refractivity contribution in [3.8, 4) is 0 Å². The van der Waals surface area contributed by atoms with Crippen LogP contribution in [0.1, 0.15) is 5.56 Å². The smallest absolute Gasteiger partial charge is 0.166 e. The topological polar surface area (TPSA) is 54.7 Å². The number of nitrogens with zero attached hydrogens (tertiary/aromatic N) is 1. The molecule has 2 aromatic carbocycles. The van der Waals surface area contributed by atoms with E-state index in [-0.39, 0.29) is 0 Å². The van der Waals surface area contributed by atoms with E-state index in [0.29, 0.717) is 0 Å². The number of H-pyrrole nitrogens is 1. The van der Waals surface area contributed by atoms with Gasteiger partial charge in [-0.3, -0.25) is 0 Å². The number of nitrogens with one attached hydrogen (secondary N) is 1. The van der Waals surface area contributed by atoms with Crippen LogP contribution in [0.5, 0.6) is 0 Å². The standard InChI is InChI=1S/C14H12ClN3S/c15-11-4-2-1-3-9(11)8-19-14-17-12-6-5-10(16)7-13(12)18-14/h1-7H,8,16H2,(H,17,18). The molecule has 0 aliphatic rings. The minimum absolute atomic E-state index is 0.735. The van der Waals surface area contributed by atoms with Gasteiger partial charge in [0.15, 0.2) is 5.16 Å². The number of benzene rings is 2. The lowest BCUT2D eigenvalue weighted by atomic mass is 10.2. The third-order valence-corrected chi connectivity index (χ3v) is 4.10. The number of halogens is 1. The predicted octanol–water partition coefficient (Wildman–Crippen LogP) is 4.09. The van der Waals surface area contributed by atoms with E-state index in [1.807, 2.05) is 42.5 Å². The van der Waals surface area contributed by atoms with Crippen molar-refractivity contribution in [2.45, 2.75) is 10.9 Å². The maximum atomic E-state index is 6.13. The summed E-state index contributed by atoms with van der Waals surface area (Å²) in [5.41, 5.74) is 9.47. The van der Waals surface area contributed by atoms with Crippen LogP contribution in [0.25, 0.3) is 11.0 Å². The maximum absolute atomic E-state index is 6.13. The lowest BCUT2D eigenvalue weighted by molar-refractivity contribution is 1.08. The van der Waals surface area contributed by atoms with Crippen molar-refractivity contribution in [2.75, 3.05) is 5.73 Å². The minimum Gasteiger partial charge on any atom is -0.399 e. The van der Waals surface area contributed by atoms with Gasteiger partial charge in [0.2, 0.25) is 0 Å². The lowest BCUT2D eigenvalue weighted by Gasteiger charge is -2.01. The molecule has 0 aliphatic carbocycles. The molecular weight excluding hydrogens is 278 g/mol. The Hall–Kier alpha value is -1.65. The fourth-order valence-electron chi connectivity index (χ4n) is 1.83. The molecule has 0 saturated carbocycles. The Kier molecular flexibility index (Phi) is 3.36. The first-order valence-corrected chi connectivity index (χ1v) is 7.20. The average Bonchev–Trinajstić information content (AvgIpc) is 2.79. The summed E-state index contributed by atoms with van der Waals surface area (Å²) in [5, 5.41) is 1.66. The number of thioether (sulfide) groups is 1. The third-order valence-electron chi connectivity index (χ3n) is 2.81. The van der Waals surface area contributed by atoms with Crippen LogP contribution < -0.4 is 5.73 Å². The number of imidazole rings is 1. The Morgan fingerprint density at radius 1 is 1.21 bits per heavy atom. The molecule has 3 N–H and O–H groups in total. The van der Waals surface area contributed by atoms with Crippen molar-refractivity contribution in [3.05, 3.63) is 53.1 Å². The molecule has 0 aliphatic heterocycles. The van der Waals surface area contributed by atoms with Crippen LogP contribution in [0, 0.1) is 0 Å². The highest BCUT2D eigenvalue weighted by Crippen LogP contribution is 2.26. The van der Waals surface area contributed by atoms with Crippen LogP contribution in [-0.4, -0.2) is 9.97 Å². The van der Waals surface area contributed by atoms with E-state index in [1.165, 1.54) is 0 Å². The number of hydrogen-bond donors (Lipinski definition) is 2.